The van der Waals surface area contributed by atoms with E-state index in [-0.39, 0.29) is 5.75 Å². The highest BCUT2D eigenvalue weighted by Crippen LogP contribution is 2.30. The van der Waals surface area contributed by atoms with Gasteiger partial charge in [0.05, 0.1) is 22.9 Å². The number of rotatable bonds is 6. The number of hydrogen-bond donors (Lipinski definition) is 0. The van der Waals surface area contributed by atoms with Gasteiger partial charge in [-0.15, -0.1) is 6.42 Å². The summed E-state index contributed by atoms with van der Waals surface area (Å²) in [5.41, 5.74) is 1.79. The maximum Gasteiger partial charge on any atom is 0.142 e. The van der Waals surface area contributed by atoms with Crippen LogP contribution in [0, 0.1) is 12.3 Å². The van der Waals surface area contributed by atoms with Gasteiger partial charge in [0.25, 0.3) is 0 Å². The Balaban J connectivity index is 1.93. The van der Waals surface area contributed by atoms with Crippen LogP contribution in [0.4, 0.5) is 5.69 Å². The van der Waals surface area contributed by atoms with E-state index in [4.69, 9.17) is 11.2 Å². The predicted octanol–water partition coefficient (Wildman–Crippen LogP) is 0.734. The van der Waals surface area contributed by atoms with Crippen molar-refractivity contribution in [1.29, 1.82) is 0 Å². The van der Waals surface area contributed by atoms with Crippen LogP contribution >= 0.6 is 0 Å². The Labute approximate surface area is 137 Å². The van der Waals surface area contributed by atoms with Crippen molar-refractivity contribution in [1.82, 2.24) is 4.90 Å². The highest BCUT2D eigenvalue weighted by Gasteiger charge is 2.19. The molecule has 0 amide bonds. The lowest BCUT2D eigenvalue weighted by Gasteiger charge is -2.36. The molecule has 0 saturated carbocycles. The molecule has 1 aromatic carbocycles. The Morgan fingerprint density at radius 1 is 1.30 bits per heavy atom. The third kappa shape index (κ3) is 5.13. The van der Waals surface area contributed by atoms with E-state index in [2.05, 4.69) is 15.7 Å². The molecule has 1 heterocycles. The second-order valence-corrected chi connectivity index (χ2v) is 7.00. The standard InChI is InChI=1S/C16H22N2O4S/c1-3-14-5-6-16(22-2)15(13-14)18-10-8-17(9-11-18)7-4-12-23(19,20)21/h1,5-6,13H,4,7-12H2,2H3,(H,19,20,21)/p-1. The number of piperazine rings is 1. The summed E-state index contributed by atoms with van der Waals surface area (Å²) in [7, 11) is -2.48. The second-order valence-electron chi connectivity index (χ2n) is 5.48. The molecule has 0 atom stereocenters. The van der Waals surface area contributed by atoms with Crippen molar-refractivity contribution >= 4 is 15.8 Å². The lowest BCUT2D eigenvalue weighted by molar-refractivity contribution is 0.257. The average Bonchev–Trinajstić information content (AvgIpc) is 2.53. The van der Waals surface area contributed by atoms with Crippen LogP contribution in [0.1, 0.15) is 12.0 Å². The fraction of sp³-hybridized carbons (Fsp3) is 0.500. The van der Waals surface area contributed by atoms with Gasteiger partial charge in [-0.3, -0.25) is 4.90 Å². The second kappa shape index (κ2) is 7.68. The molecule has 0 radical (unpaired) electrons. The minimum atomic E-state index is -4.12. The summed E-state index contributed by atoms with van der Waals surface area (Å²) in [6.07, 6.45) is 5.84. The molecule has 126 valence electrons. The molecule has 2 rings (SSSR count). The van der Waals surface area contributed by atoms with E-state index in [1.54, 1.807) is 7.11 Å². The molecule has 6 nitrogen and oxygen atoms in total. The fourth-order valence-electron chi connectivity index (χ4n) is 2.70. The van der Waals surface area contributed by atoms with Gasteiger partial charge in [0.1, 0.15) is 5.75 Å². The normalized spacial score (nSPS) is 16.1. The summed E-state index contributed by atoms with van der Waals surface area (Å²) in [4.78, 5) is 4.37. The Kier molecular flexibility index (Phi) is 5.88. The highest BCUT2D eigenvalue weighted by molar-refractivity contribution is 7.85. The molecule has 1 aliphatic rings. The number of methoxy groups -OCH3 is 1. The first kappa shape index (κ1) is 17.6. The van der Waals surface area contributed by atoms with Gasteiger partial charge in [-0.05, 0) is 31.2 Å². The lowest BCUT2D eigenvalue weighted by Crippen LogP contribution is -2.47. The fourth-order valence-corrected chi connectivity index (χ4v) is 3.19. The van der Waals surface area contributed by atoms with Crippen molar-refractivity contribution < 1.29 is 17.7 Å². The van der Waals surface area contributed by atoms with Gasteiger partial charge >= 0.3 is 0 Å². The molecular formula is C16H21N2O4S-. The van der Waals surface area contributed by atoms with Gasteiger partial charge in [-0.2, -0.15) is 0 Å². The summed E-state index contributed by atoms with van der Waals surface area (Å²) in [5.74, 6) is 3.12. The molecule has 0 spiro atoms. The zero-order chi connectivity index (χ0) is 16.9. The van der Waals surface area contributed by atoms with Crippen molar-refractivity contribution in [2.24, 2.45) is 0 Å². The average molecular weight is 337 g/mol. The molecule has 7 heteroatoms. The van der Waals surface area contributed by atoms with Crippen molar-refractivity contribution in [3.05, 3.63) is 23.8 Å². The molecule has 0 aliphatic carbocycles. The molecule has 0 unspecified atom stereocenters. The zero-order valence-electron chi connectivity index (χ0n) is 13.2. The molecular weight excluding hydrogens is 316 g/mol. The number of ether oxygens (including phenoxy) is 1. The van der Waals surface area contributed by atoms with Crippen LogP contribution in [0.25, 0.3) is 0 Å². The van der Waals surface area contributed by atoms with Crippen LogP contribution in [0.5, 0.6) is 5.75 Å². The molecule has 1 fully saturated rings. The van der Waals surface area contributed by atoms with Crippen molar-refractivity contribution in [2.75, 3.05) is 50.5 Å². The minimum Gasteiger partial charge on any atom is -0.748 e. The monoisotopic (exact) mass is 337 g/mol. The number of hydrogen-bond acceptors (Lipinski definition) is 6. The van der Waals surface area contributed by atoms with Gasteiger partial charge < -0.3 is 14.2 Å². The molecule has 0 aromatic heterocycles. The van der Waals surface area contributed by atoms with Crippen LogP contribution in [-0.2, 0) is 10.1 Å². The maximum absolute atomic E-state index is 10.6. The SMILES string of the molecule is C#Cc1ccc(OC)c(N2CCN(CCCS(=O)(=O)[O-])CC2)c1. The number of anilines is 1. The Morgan fingerprint density at radius 2 is 2.00 bits per heavy atom. The topological polar surface area (TPSA) is 72.9 Å². The van der Waals surface area contributed by atoms with Gasteiger partial charge in [0, 0.05) is 37.5 Å². The van der Waals surface area contributed by atoms with E-state index in [9.17, 15) is 13.0 Å². The van der Waals surface area contributed by atoms with E-state index < -0.39 is 10.1 Å². The first-order chi connectivity index (χ1) is 10.9. The van der Waals surface area contributed by atoms with Gasteiger partial charge in [-0.25, -0.2) is 8.42 Å². The number of nitrogens with zero attached hydrogens (tertiary/aromatic N) is 2. The van der Waals surface area contributed by atoms with Crippen LogP contribution in [0.15, 0.2) is 18.2 Å². The molecule has 0 bridgehead atoms. The molecule has 23 heavy (non-hydrogen) atoms. The molecule has 1 aromatic rings. The van der Waals surface area contributed by atoms with E-state index in [0.717, 1.165) is 43.2 Å². The Morgan fingerprint density at radius 3 is 2.57 bits per heavy atom. The lowest BCUT2D eigenvalue weighted by atomic mass is 10.1. The maximum atomic E-state index is 10.6. The summed E-state index contributed by atoms with van der Waals surface area (Å²) in [5, 5.41) is 0. The van der Waals surface area contributed by atoms with Crippen LogP contribution in [0.2, 0.25) is 0 Å². The third-order valence-corrected chi connectivity index (χ3v) is 4.72. The Hall–Kier alpha value is -1.75. The number of terminal acetylenes is 1. The van der Waals surface area contributed by atoms with Crippen LogP contribution in [0.3, 0.4) is 0 Å². The summed E-state index contributed by atoms with van der Waals surface area (Å²) < 4.78 is 37.3. The molecule has 1 aliphatic heterocycles. The minimum absolute atomic E-state index is 0.300. The van der Waals surface area contributed by atoms with E-state index in [1.165, 1.54) is 0 Å². The summed E-state index contributed by atoms with van der Waals surface area (Å²) in [6, 6.07) is 5.66. The molecule has 1 saturated heterocycles. The highest BCUT2D eigenvalue weighted by atomic mass is 32.2. The summed E-state index contributed by atoms with van der Waals surface area (Å²) in [6.45, 7) is 3.84. The molecule has 0 N–H and O–H groups in total. The number of benzene rings is 1. The van der Waals surface area contributed by atoms with Crippen LogP contribution < -0.4 is 9.64 Å². The van der Waals surface area contributed by atoms with Gasteiger partial charge in [0.2, 0.25) is 0 Å². The third-order valence-electron chi connectivity index (χ3n) is 3.93. The van der Waals surface area contributed by atoms with E-state index in [1.807, 2.05) is 18.2 Å². The predicted molar refractivity (Wildman–Crippen MR) is 88.8 cm³/mol. The van der Waals surface area contributed by atoms with Crippen LogP contribution in [-0.4, -0.2) is 63.5 Å². The summed E-state index contributed by atoms with van der Waals surface area (Å²) >= 11 is 0. The Bertz CT molecular complexity index is 674. The smallest absolute Gasteiger partial charge is 0.142 e. The largest absolute Gasteiger partial charge is 0.748 e. The van der Waals surface area contributed by atoms with Crippen molar-refractivity contribution in [3.8, 4) is 18.1 Å². The zero-order valence-corrected chi connectivity index (χ0v) is 14.0. The van der Waals surface area contributed by atoms with Gasteiger partial charge in [-0.1, -0.05) is 5.92 Å². The van der Waals surface area contributed by atoms with E-state index in [0.29, 0.717) is 13.0 Å². The first-order valence-corrected chi connectivity index (χ1v) is 9.06. The van der Waals surface area contributed by atoms with Crippen molar-refractivity contribution in [3.63, 3.8) is 0 Å². The van der Waals surface area contributed by atoms with Gasteiger partial charge in [0.15, 0.2) is 0 Å². The quantitative estimate of drug-likeness (QED) is 0.563. The van der Waals surface area contributed by atoms with E-state index >= 15 is 0 Å². The van der Waals surface area contributed by atoms with Crippen molar-refractivity contribution in [2.45, 2.75) is 6.42 Å². The first-order valence-electron chi connectivity index (χ1n) is 7.48.